The molecule has 5 nitrogen and oxygen atoms in total. The van der Waals surface area contributed by atoms with E-state index in [1.165, 1.54) is 0 Å². The fourth-order valence-corrected chi connectivity index (χ4v) is 3.26. The molecule has 0 radical (unpaired) electrons. The highest BCUT2D eigenvalue weighted by Crippen LogP contribution is 2.25. The molecule has 126 valence electrons. The monoisotopic (exact) mass is 326 g/mol. The quantitative estimate of drug-likeness (QED) is 0.763. The fourth-order valence-electron chi connectivity index (χ4n) is 3.26. The summed E-state index contributed by atoms with van der Waals surface area (Å²) in [6.07, 6.45) is 3.00. The predicted molar refractivity (Wildman–Crippen MR) is 91.5 cm³/mol. The minimum absolute atomic E-state index is 0.00196. The van der Waals surface area contributed by atoms with Crippen molar-refractivity contribution in [3.63, 3.8) is 0 Å². The number of H-pyrrole nitrogens is 1. The van der Waals surface area contributed by atoms with Crippen LogP contribution in [0.2, 0.25) is 0 Å². The first-order valence-electron chi connectivity index (χ1n) is 8.37. The molecule has 1 heterocycles. The van der Waals surface area contributed by atoms with E-state index in [-0.39, 0.29) is 17.9 Å². The summed E-state index contributed by atoms with van der Waals surface area (Å²) < 4.78 is 0. The van der Waals surface area contributed by atoms with Crippen LogP contribution in [0.15, 0.2) is 42.5 Å². The van der Waals surface area contributed by atoms with E-state index >= 15 is 0 Å². The van der Waals surface area contributed by atoms with Gasteiger partial charge in [0, 0.05) is 23.9 Å². The van der Waals surface area contributed by atoms with E-state index in [1.807, 2.05) is 42.5 Å². The van der Waals surface area contributed by atoms with Crippen molar-refractivity contribution in [1.82, 2.24) is 10.3 Å². The number of carbonyl (C=O) groups excluding carboxylic acids is 1. The standard InChI is InChI=1S/C19H22N2O3/c22-18(21-16-7-6-14(12-16)19(23)24)11-9-15-8-10-17(20-15)13-4-2-1-3-5-13/h1-5,8,10,14,16,20H,6-7,9,11-12H2,(H,21,22)(H,23,24)/t14-,16+/m1/s1. The largest absolute Gasteiger partial charge is 0.481 e. The number of nitrogens with one attached hydrogen (secondary N) is 2. The van der Waals surface area contributed by atoms with E-state index in [0.29, 0.717) is 25.7 Å². The van der Waals surface area contributed by atoms with Gasteiger partial charge in [-0.3, -0.25) is 9.59 Å². The van der Waals surface area contributed by atoms with Gasteiger partial charge in [-0.15, -0.1) is 0 Å². The summed E-state index contributed by atoms with van der Waals surface area (Å²) in [5.41, 5.74) is 3.20. The van der Waals surface area contributed by atoms with Crippen LogP contribution < -0.4 is 5.32 Å². The molecular weight excluding hydrogens is 304 g/mol. The van der Waals surface area contributed by atoms with Crippen LogP contribution in [0.5, 0.6) is 0 Å². The second-order valence-electron chi connectivity index (χ2n) is 6.38. The van der Waals surface area contributed by atoms with Crippen molar-refractivity contribution in [2.24, 2.45) is 5.92 Å². The maximum absolute atomic E-state index is 12.1. The Kier molecular flexibility index (Phi) is 4.99. The molecule has 1 fully saturated rings. The SMILES string of the molecule is O=C(CCc1ccc(-c2ccccc2)[nH]1)N[C@H]1CC[C@@H](C(=O)O)C1. The summed E-state index contributed by atoms with van der Waals surface area (Å²) in [6, 6.07) is 14.1. The van der Waals surface area contributed by atoms with E-state index in [9.17, 15) is 9.59 Å². The molecule has 1 aromatic carbocycles. The van der Waals surface area contributed by atoms with E-state index in [0.717, 1.165) is 23.4 Å². The van der Waals surface area contributed by atoms with Crippen LogP contribution in [0, 0.1) is 5.92 Å². The Hall–Kier alpha value is -2.56. The molecule has 2 aromatic rings. The Morgan fingerprint density at radius 1 is 1.12 bits per heavy atom. The molecule has 1 aromatic heterocycles. The summed E-state index contributed by atoms with van der Waals surface area (Å²) in [4.78, 5) is 26.3. The third-order valence-corrected chi connectivity index (χ3v) is 4.60. The number of rotatable bonds is 6. The van der Waals surface area contributed by atoms with Crippen molar-refractivity contribution in [2.45, 2.75) is 38.1 Å². The van der Waals surface area contributed by atoms with Crippen LogP contribution in [0.3, 0.4) is 0 Å². The molecule has 5 heteroatoms. The summed E-state index contributed by atoms with van der Waals surface area (Å²) >= 11 is 0. The van der Waals surface area contributed by atoms with Crippen molar-refractivity contribution in [2.75, 3.05) is 0 Å². The maximum atomic E-state index is 12.1. The fraction of sp³-hybridized carbons (Fsp3) is 0.368. The average molecular weight is 326 g/mol. The van der Waals surface area contributed by atoms with Gasteiger partial charge in [0.2, 0.25) is 5.91 Å². The summed E-state index contributed by atoms with van der Waals surface area (Å²) in [5.74, 6) is -1.08. The third-order valence-electron chi connectivity index (χ3n) is 4.60. The zero-order valence-electron chi connectivity index (χ0n) is 13.5. The molecule has 0 aliphatic heterocycles. The highest BCUT2D eigenvalue weighted by molar-refractivity contribution is 5.77. The van der Waals surface area contributed by atoms with Crippen molar-refractivity contribution < 1.29 is 14.7 Å². The normalized spacial score (nSPS) is 20.0. The minimum Gasteiger partial charge on any atom is -0.481 e. The zero-order valence-corrected chi connectivity index (χ0v) is 13.5. The molecule has 1 amide bonds. The molecule has 0 spiro atoms. The van der Waals surface area contributed by atoms with Gasteiger partial charge in [-0.2, -0.15) is 0 Å². The van der Waals surface area contributed by atoms with Crippen LogP contribution in [-0.2, 0) is 16.0 Å². The molecule has 1 aliphatic rings. The van der Waals surface area contributed by atoms with Crippen molar-refractivity contribution in [3.8, 4) is 11.3 Å². The molecule has 0 bridgehead atoms. The molecule has 1 saturated carbocycles. The highest BCUT2D eigenvalue weighted by atomic mass is 16.4. The molecule has 1 aliphatic carbocycles. The van der Waals surface area contributed by atoms with Crippen molar-refractivity contribution in [1.29, 1.82) is 0 Å². The number of carboxylic acids is 1. The first-order valence-corrected chi connectivity index (χ1v) is 8.37. The number of aromatic amines is 1. The van der Waals surface area contributed by atoms with E-state index in [1.54, 1.807) is 0 Å². The Labute approximate surface area is 141 Å². The third kappa shape index (κ3) is 4.04. The molecule has 3 N–H and O–H groups in total. The van der Waals surface area contributed by atoms with Gasteiger partial charge in [0.05, 0.1) is 5.92 Å². The van der Waals surface area contributed by atoms with Gasteiger partial charge < -0.3 is 15.4 Å². The molecule has 2 atom stereocenters. The number of carbonyl (C=O) groups is 2. The highest BCUT2D eigenvalue weighted by Gasteiger charge is 2.30. The van der Waals surface area contributed by atoms with Gasteiger partial charge in [-0.1, -0.05) is 30.3 Å². The smallest absolute Gasteiger partial charge is 0.306 e. The van der Waals surface area contributed by atoms with Gasteiger partial charge in [0.1, 0.15) is 0 Å². The predicted octanol–water partition coefficient (Wildman–Crippen LogP) is 2.98. The molecule has 24 heavy (non-hydrogen) atoms. The topological polar surface area (TPSA) is 82.2 Å². The van der Waals surface area contributed by atoms with Gasteiger partial charge in [-0.05, 0) is 43.4 Å². The number of amides is 1. The number of aliphatic carboxylic acids is 1. The first kappa shape index (κ1) is 16.3. The first-order chi connectivity index (χ1) is 11.6. The van der Waals surface area contributed by atoms with Crippen molar-refractivity contribution in [3.05, 3.63) is 48.2 Å². The van der Waals surface area contributed by atoms with Crippen molar-refractivity contribution >= 4 is 11.9 Å². The lowest BCUT2D eigenvalue weighted by atomic mass is 10.1. The average Bonchev–Trinajstić information content (AvgIpc) is 3.23. The van der Waals surface area contributed by atoms with Crippen LogP contribution in [0.4, 0.5) is 0 Å². The number of aromatic nitrogens is 1. The lowest BCUT2D eigenvalue weighted by Crippen LogP contribution is -2.33. The Bertz CT molecular complexity index is 708. The van der Waals surface area contributed by atoms with Crippen LogP contribution in [0.1, 0.15) is 31.4 Å². The number of aryl methyl sites for hydroxylation is 1. The summed E-state index contributed by atoms with van der Waals surface area (Å²) in [6.45, 7) is 0. The number of benzene rings is 1. The Balaban J connectivity index is 1.47. The van der Waals surface area contributed by atoms with Gasteiger partial charge in [0.15, 0.2) is 0 Å². The van der Waals surface area contributed by atoms with Gasteiger partial charge >= 0.3 is 5.97 Å². The molecule has 3 rings (SSSR count). The van der Waals surface area contributed by atoms with Crippen LogP contribution >= 0.6 is 0 Å². The number of hydrogen-bond donors (Lipinski definition) is 3. The molecule has 0 saturated heterocycles. The van der Waals surface area contributed by atoms with Gasteiger partial charge in [0.25, 0.3) is 0 Å². The second-order valence-corrected chi connectivity index (χ2v) is 6.38. The van der Waals surface area contributed by atoms with E-state index in [2.05, 4.69) is 10.3 Å². The van der Waals surface area contributed by atoms with Crippen LogP contribution in [-0.4, -0.2) is 28.0 Å². The Morgan fingerprint density at radius 3 is 2.62 bits per heavy atom. The molecular formula is C19H22N2O3. The summed E-state index contributed by atoms with van der Waals surface area (Å²) in [5, 5.41) is 12.0. The van der Waals surface area contributed by atoms with E-state index < -0.39 is 5.97 Å². The van der Waals surface area contributed by atoms with E-state index in [4.69, 9.17) is 5.11 Å². The zero-order chi connectivity index (χ0) is 16.9. The number of hydrogen-bond acceptors (Lipinski definition) is 2. The van der Waals surface area contributed by atoms with Crippen LogP contribution in [0.25, 0.3) is 11.3 Å². The maximum Gasteiger partial charge on any atom is 0.306 e. The number of carboxylic acid groups (broad SMARTS) is 1. The molecule has 0 unspecified atom stereocenters. The lowest BCUT2D eigenvalue weighted by molar-refractivity contribution is -0.141. The van der Waals surface area contributed by atoms with Gasteiger partial charge in [-0.25, -0.2) is 0 Å². The summed E-state index contributed by atoms with van der Waals surface area (Å²) in [7, 11) is 0. The minimum atomic E-state index is -0.758. The lowest BCUT2D eigenvalue weighted by Gasteiger charge is -2.12. The Morgan fingerprint density at radius 2 is 1.92 bits per heavy atom. The second kappa shape index (κ2) is 7.34.